The van der Waals surface area contributed by atoms with Gasteiger partial charge in [-0.05, 0) is 69.5 Å². The van der Waals surface area contributed by atoms with Crippen LogP contribution in [-0.4, -0.2) is 48.1 Å². The van der Waals surface area contributed by atoms with Crippen molar-refractivity contribution in [2.75, 3.05) is 19.0 Å². The number of amides is 3. The predicted octanol–water partition coefficient (Wildman–Crippen LogP) is 7.62. The van der Waals surface area contributed by atoms with Crippen molar-refractivity contribution < 1.29 is 23.9 Å². The Bertz CT molecular complexity index is 1350. The monoisotopic (exact) mass is 615 g/mol. The van der Waals surface area contributed by atoms with Crippen molar-refractivity contribution in [1.82, 2.24) is 10.2 Å². The molecule has 0 radical (unpaired) electrons. The topological polar surface area (TPSA) is 97.0 Å². The highest BCUT2D eigenvalue weighted by atomic mass is 16.6. The van der Waals surface area contributed by atoms with Crippen molar-refractivity contribution in [2.24, 2.45) is 0 Å². The van der Waals surface area contributed by atoms with Crippen LogP contribution >= 0.6 is 0 Å². The summed E-state index contributed by atoms with van der Waals surface area (Å²) in [6, 6.07) is 22.4. The molecule has 0 spiro atoms. The van der Waals surface area contributed by atoms with Gasteiger partial charge >= 0.3 is 6.09 Å². The first kappa shape index (κ1) is 35.2. The number of aryl methyl sites for hydroxylation is 1. The number of carbonyl (C=O) groups is 3. The summed E-state index contributed by atoms with van der Waals surface area (Å²) >= 11 is 0. The van der Waals surface area contributed by atoms with Crippen LogP contribution in [0.3, 0.4) is 0 Å². The van der Waals surface area contributed by atoms with Crippen LogP contribution in [0.1, 0.15) is 82.5 Å². The number of carbonyl (C=O) groups excluding carboxylic acids is 3. The van der Waals surface area contributed by atoms with Gasteiger partial charge in [0.1, 0.15) is 23.4 Å². The lowest BCUT2D eigenvalue weighted by Gasteiger charge is -2.35. The molecule has 0 bridgehead atoms. The lowest BCUT2D eigenvalue weighted by Crippen LogP contribution is -2.53. The first-order chi connectivity index (χ1) is 21.5. The molecule has 3 rings (SSSR count). The number of benzene rings is 3. The van der Waals surface area contributed by atoms with E-state index in [0.29, 0.717) is 30.0 Å². The largest absolute Gasteiger partial charge is 0.497 e. The molecule has 2 N–H and O–H groups in total. The van der Waals surface area contributed by atoms with Gasteiger partial charge in [0.25, 0.3) is 5.91 Å². The zero-order chi connectivity index (χ0) is 32.8. The van der Waals surface area contributed by atoms with Gasteiger partial charge in [0, 0.05) is 18.7 Å². The number of hydrogen-bond donors (Lipinski definition) is 2. The second kappa shape index (κ2) is 17.2. The van der Waals surface area contributed by atoms with Gasteiger partial charge in [-0.15, -0.1) is 0 Å². The van der Waals surface area contributed by atoms with Crippen LogP contribution in [0.15, 0.2) is 78.9 Å². The molecule has 0 aromatic heterocycles. The van der Waals surface area contributed by atoms with Crippen LogP contribution in [0.2, 0.25) is 0 Å². The first-order valence-corrected chi connectivity index (χ1v) is 15.9. The fourth-order valence-corrected chi connectivity index (χ4v) is 5.06. The van der Waals surface area contributed by atoms with E-state index in [4.69, 9.17) is 9.47 Å². The molecule has 2 atom stereocenters. The van der Waals surface area contributed by atoms with Crippen molar-refractivity contribution >= 4 is 23.6 Å². The minimum Gasteiger partial charge on any atom is -0.497 e. The summed E-state index contributed by atoms with van der Waals surface area (Å²) < 4.78 is 10.8. The maximum Gasteiger partial charge on any atom is 0.408 e. The van der Waals surface area contributed by atoms with Crippen molar-refractivity contribution in [2.45, 2.75) is 90.8 Å². The average Bonchev–Trinajstić information content (AvgIpc) is 3.00. The van der Waals surface area contributed by atoms with E-state index in [1.54, 1.807) is 57.0 Å². The van der Waals surface area contributed by atoms with Crippen LogP contribution in [0.4, 0.5) is 10.5 Å². The third-order valence-corrected chi connectivity index (χ3v) is 7.37. The lowest BCUT2D eigenvalue weighted by atomic mass is 9.99. The smallest absolute Gasteiger partial charge is 0.408 e. The second-order valence-corrected chi connectivity index (χ2v) is 12.4. The molecule has 2 unspecified atom stereocenters. The molecular formula is C37H49N3O5. The Balaban J connectivity index is 2.04. The van der Waals surface area contributed by atoms with Crippen LogP contribution in [-0.2, 0) is 20.7 Å². The number of alkyl carbamates (subject to hydrolysis) is 1. The quantitative estimate of drug-likeness (QED) is 0.172. The maximum atomic E-state index is 14.7. The Labute approximate surface area is 268 Å². The van der Waals surface area contributed by atoms with Crippen LogP contribution in [0.25, 0.3) is 0 Å². The SMILES string of the molecule is CCCCCCCN(C(=O)C(Cc1ccccc1)NC(=O)OC(C)(C)C)C(C(=O)Nc1ccc(OC)cc1)c1ccc(C)cc1. The van der Waals surface area contributed by atoms with Gasteiger partial charge < -0.3 is 25.0 Å². The highest BCUT2D eigenvalue weighted by Crippen LogP contribution is 2.27. The van der Waals surface area contributed by atoms with Crippen molar-refractivity contribution in [3.8, 4) is 5.75 Å². The van der Waals surface area contributed by atoms with Crippen LogP contribution in [0.5, 0.6) is 5.75 Å². The lowest BCUT2D eigenvalue weighted by molar-refractivity contribution is -0.140. The van der Waals surface area contributed by atoms with Gasteiger partial charge in [-0.1, -0.05) is 92.8 Å². The zero-order valence-corrected chi connectivity index (χ0v) is 27.6. The zero-order valence-electron chi connectivity index (χ0n) is 27.6. The number of nitrogens with one attached hydrogen (secondary N) is 2. The van der Waals surface area contributed by atoms with Gasteiger partial charge in [0.05, 0.1) is 7.11 Å². The highest BCUT2D eigenvalue weighted by molar-refractivity contribution is 5.99. The first-order valence-electron chi connectivity index (χ1n) is 15.9. The summed E-state index contributed by atoms with van der Waals surface area (Å²) in [6.45, 7) is 9.82. The van der Waals surface area contributed by atoms with E-state index >= 15 is 0 Å². The standard InChI is InChI=1S/C37H49N3O5/c1-7-8-9-10-14-25-40(35(42)32(26-28-15-12-11-13-16-28)39-36(43)45-37(3,4)5)33(29-19-17-27(2)18-20-29)34(41)38-30-21-23-31(44-6)24-22-30/h11-13,15-24,32-33H,7-10,14,25-26H2,1-6H3,(H,38,41)(H,39,43). The predicted molar refractivity (Wildman–Crippen MR) is 179 cm³/mol. The highest BCUT2D eigenvalue weighted by Gasteiger charge is 2.36. The molecule has 3 aromatic rings. The number of rotatable bonds is 15. The minimum atomic E-state index is -0.959. The van der Waals surface area contributed by atoms with Crippen molar-refractivity contribution in [3.05, 3.63) is 95.6 Å². The van der Waals surface area contributed by atoms with E-state index in [-0.39, 0.29) is 18.2 Å². The number of hydrogen-bond acceptors (Lipinski definition) is 5. The normalized spacial score (nSPS) is 12.5. The molecule has 45 heavy (non-hydrogen) atoms. The fourth-order valence-electron chi connectivity index (χ4n) is 5.06. The van der Waals surface area contributed by atoms with Crippen LogP contribution < -0.4 is 15.4 Å². The number of nitrogens with zero attached hydrogens (tertiary/aromatic N) is 1. The van der Waals surface area contributed by atoms with E-state index < -0.39 is 23.8 Å². The van der Waals surface area contributed by atoms with Gasteiger partial charge in [0.2, 0.25) is 5.91 Å². The molecular weight excluding hydrogens is 566 g/mol. The summed E-state index contributed by atoms with van der Waals surface area (Å²) in [5.74, 6) is -0.0266. The average molecular weight is 616 g/mol. The van der Waals surface area contributed by atoms with E-state index in [9.17, 15) is 14.4 Å². The summed E-state index contributed by atoms with van der Waals surface area (Å²) in [5, 5.41) is 5.84. The summed E-state index contributed by atoms with van der Waals surface area (Å²) in [6.07, 6.45) is 4.42. The number of unbranched alkanes of at least 4 members (excludes halogenated alkanes) is 4. The van der Waals surface area contributed by atoms with Gasteiger partial charge in [-0.3, -0.25) is 9.59 Å². The Morgan fingerprint density at radius 1 is 0.844 bits per heavy atom. The van der Waals surface area contributed by atoms with E-state index in [1.165, 1.54) is 0 Å². The number of methoxy groups -OCH3 is 1. The van der Waals surface area contributed by atoms with E-state index in [1.807, 2.05) is 61.5 Å². The van der Waals surface area contributed by atoms with Crippen molar-refractivity contribution in [3.63, 3.8) is 0 Å². The van der Waals surface area contributed by atoms with Gasteiger partial charge in [-0.25, -0.2) is 4.79 Å². The second-order valence-electron chi connectivity index (χ2n) is 12.4. The van der Waals surface area contributed by atoms with Crippen LogP contribution in [0, 0.1) is 6.92 Å². The Hall–Kier alpha value is -4.33. The third-order valence-electron chi connectivity index (χ3n) is 7.37. The number of anilines is 1. The number of ether oxygens (including phenoxy) is 2. The summed E-state index contributed by atoms with van der Waals surface area (Å²) in [4.78, 5) is 43.5. The molecule has 0 heterocycles. The van der Waals surface area contributed by atoms with Gasteiger partial charge in [-0.2, -0.15) is 0 Å². The van der Waals surface area contributed by atoms with E-state index in [0.717, 1.165) is 36.8 Å². The summed E-state index contributed by atoms with van der Waals surface area (Å²) in [5.41, 5.74) is 2.44. The molecule has 8 heteroatoms. The Kier molecular flexibility index (Phi) is 13.5. The van der Waals surface area contributed by atoms with Gasteiger partial charge in [0.15, 0.2) is 0 Å². The van der Waals surface area contributed by atoms with E-state index in [2.05, 4.69) is 17.6 Å². The molecule has 3 aromatic carbocycles. The molecule has 242 valence electrons. The third kappa shape index (κ3) is 11.6. The van der Waals surface area contributed by atoms with Crippen molar-refractivity contribution in [1.29, 1.82) is 0 Å². The molecule has 8 nitrogen and oxygen atoms in total. The molecule has 0 fully saturated rings. The molecule has 0 aliphatic heterocycles. The molecule has 0 saturated heterocycles. The minimum absolute atomic E-state index is 0.242. The Morgan fingerprint density at radius 3 is 2.09 bits per heavy atom. The molecule has 3 amide bonds. The fraction of sp³-hybridized carbons (Fsp3) is 0.432. The summed E-state index contributed by atoms with van der Waals surface area (Å²) in [7, 11) is 1.59. The molecule has 0 saturated carbocycles. The molecule has 0 aliphatic carbocycles. The maximum absolute atomic E-state index is 14.7. The Morgan fingerprint density at radius 2 is 1.49 bits per heavy atom. The molecule has 0 aliphatic rings.